The maximum atomic E-state index is 12.4. The lowest BCUT2D eigenvalue weighted by atomic mass is 10.1. The first-order chi connectivity index (χ1) is 15.6. The minimum atomic E-state index is -2.46. The molecule has 0 saturated carbocycles. The Balaban J connectivity index is 2.25. The standard InChI is InChI=1S/C22H26O10/c1-4-5-16-19(27-25-2)22(30-26-3,31-28-20(23)17-12-8-6-9-13-17)32-29-21(24)18-14-10-7-11-15-18/h6-15,19H,4-5,16H2,1-3H3. The highest BCUT2D eigenvalue weighted by atomic mass is 17.4. The Hall–Kier alpha value is -2.86. The fraction of sp³-hybridized carbons (Fsp3) is 0.364. The molecule has 2 rings (SSSR count). The molecule has 10 nitrogen and oxygen atoms in total. The van der Waals surface area contributed by atoms with Gasteiger partial charge in [0.2, 0.25) is 0 Å². The topological polar surface area (TPSA) is 108 Å². The van der Waals surface area contributed by atoms with Gasteiger partial charge in [-0.3, -0.25) is 9.78 Å². The van der Waals surface area contributed by atoms with Crippen molar-refractivity contribution in [2.45, 2.75) is 38.3 Å². The molecule has 1 atom stereocenters. The van der Waals surface area contributed by atoms with Gasteiger partial charge in [-0.2, -0.15) is 4.89 Å². The van der Waals surface area contributed by atoms with Crippen LogP contribution < -0.4 is 0 Å². The Kier molecular flexibility index (Phi) is 10.7. The van der Waals surface area contributed by atoms with E-state index in [0.29, 0.717) is 6.42 Å². The van der Waals surface area contributed by atoms with Gasteiger partial charge >= 0.3 is 17.9 Å². The number of benzene rings is 2. The van der Waals surface area contributed by atoms with Crippen molar-refractivity contribution in [2.75, 3.05) is 14.2 Å². The van der Waals surface area contributed by atoms with Gasteiger partial charge in [0.1, 0.15) is 0 Å². The minimum Gasteiger partial charge on any atom is -0.287 e. The highest BCUT2D eigenvalue weighted by Crippen LogP contribution is 2.29. The number of carbonyl (C=O) groups excluding carboxylic acids is 2. The van der Waals surface area contributed by atoms with Gasteiger partial charge in [0.05, 0.1) is 25.3 Å². The normalized spacial score (nSPS) is 12.2. The third-order valence-corrected chi connectivity index (χ3v) is 4.11. The van der Waals surface area contributed by atoms with Crippen LogP contribution in [0, 0.1) is 0 Å². The average Bonchev–Trinajstić information content (AvgIpc) is 2.84. The average molecular weight is 450 g/mol. The summed E-state index contributed by atoms with van der Waals surface area (Å²) in [4.78, 5) is 64.7. The van der Waals surface area contributed by atoms with E-state index in [2.05, 4.69) is 0 Å². The van der Waals surface area contributed by atoms with Crippen molar-refractivity contribution in [1.82, 2.24) is 0 Å². The van der Waals surface area contributed by atoms with Crippen LogP contribution in [-0.4, -0.2) is 38.2 Å². The molecular formula is C22H26O10. The summed E-state index contributed by atoms with van der Waals surface area (Å²) in [5, 5.41) is 0. The second-order valence-corrected chi connectivity index (χ2v) is 6.39. The van der Waals surface area contributed by atoms with Gasteiger partial charge in [-0.1, -0.05) is 56.2 Å². The lowest BCUT2D eigenvalue weighted by Crippen LogP contribution is -2.51. The molecule has 0 radical (unpaired) electrons. The van der Waals surface area contributed by atoms with Crippen LogP contribution in [0.25, 0.3) is 0 Å². The number of rotatable bonds is 14. The number of carbonyl (C=O) groups is 2. The van der Waals surface area contributed by atoms with Crippen molar-refractivity contribution in [3.63, 3.8) is 0 Å². The minimum absolute atomic E-state index is 0.192. The number of hydrogen-bond acceptors (Lipinski definition) is 10. The van der Waals surface area contributed by atoms with Gasteiger partial charge in [0.15, 0.2) is 6.10 Å². The monoisotopic (exact) mass is 450 g/mol. The van der Waals surface area contributed by atoms with Crippen molar-refractivity contribution in [3.8, 4) is 0 Å². The van der Waals surface area contributed by atoms with Crippen molar-refractivity contribution < 1.29 is 48.7 Å². The Morgan fingerprint density at radius 1 is 0.781 bits per heavy atom. The van der Waals surface area contributed by atoms with E-state index < -0.39 is 24.0 Å². The molecule has 2 aromatic carbocycles. The molecule has 1 unspecified atom stereocenters. The SMILES string of the molecule is CCCCC(OOC)C(OOC)(OOC(=O)c1ccccc1)OOC(=O)c1ccccc1. The van der Waals surface area contributed by atoms with E-state index in [9.17, 15) is 9.59 Å². The first kappa shape index (κ1) is 25.4. The van der Waals surface area contributed by atoms with Crippen molar-refractivity contribution in [2.24, 2.45) is 0 Å². The van der Waals surface area contributed by atoms with E-state index in [0.717, 1.165) is 13.5 Å². The molecule has 10 heteroatoms. The number of unbranched alkanes of at least 4 members (excludes halogenated alkanes) is 1. The zero-order valence-electron chi connectivity index (χ0n) is 18.1. The molecule has 0 heterocycles. The molecule has 174 valence electrons. The zero-order chi connectivity index (χ0) is 23.2. The quantitative estimate of drug-likeness (QED) is 0.239. The van der Waals surface area contributed by atoms with Crippen LogP contribution in [0.3, 0.4) is 0 Å². The summed E-state index contributed by atoms with van der Waals surface area (Å²) >= 11 is 0. The predicted molar refractivity (Wildman–Crippen MR) is 108 cm³/mol. The molecule has 0 N–H and O–H groups in total. The van der Waals surface area contributed by atoms with Gasteiger partial charge in [0.25, 0.3) is 0 Å². The summed E-state index contributed by atoms with van der Waals surface area (Å²) in [5.74, 6) is -4.19. The smallest absolute Gasteiger partial charge is 0.287 e. The molecule has 0 spiro atoms. The second-order valence-electron chi connectivity index (χ2n) is 6.39. The molecular weight excluding hydrogens is 424 g/mol. The second kappa shape index (κ2) is 13.5. The summed E-state index contributed by atoms with van der Waals surface area (Å²) in [6.07, 6.45) is 0.411. The maximum absolute atomic E-state index is 12.4. The van der Waals surface area contributed by atoms with Gasteiger partial charge in [0, 0.05) is 0 Å². The Bertz CT molecular complexity index is 756. The molecule has 0 aliphatic heterocycles. The van der Waals surface area contributed by atoms with E-state index in [1.54, 1.807) is 36.4 Å². The van der Waals surface area contributed by atoms with E-state index in [1.165, 1.54) is 31.4 Å². The fourth-order valence-electron chi connectivity index (χ4n) is 2.54. The molecule has 32 heavy (non-hydrogen) atoms. The van der Waals surface area contributed by atoms with Crippen LogP contribution in [0.5, 0.6) is 0 Å². The molecule has 0 aromatic heterocycles. The van der Waals surface area contributed by atoms with Crippen molar-refractivity contribution in [3.05, 3.63) is 71.8 Å². The molecule has 0 fully saturated rings. The number of hydrogen-bond donors (Lipinski definition) is 0. The fourth-order valence-corrected chi connectivity index (χ4v) is 2.54. The third kappa shape index (κ3) is 7.38. The van der Waals surface area contributed by atoms with Crippen LogP contribution in [0.15, 0.2) is 60.7 Å². The zero-order valence-corrected chi connectivity index (χ0v) is 18.1. The summed E-state index contributed by atoms with van der Waals surface area (Å²) in [6.45, 7) is 1.94. The van der Waals surface area contributed by atoms with Gasteiger partial charge in [-0.25, -0.2) is 24.3 Å². The summed E-state index contributed by atoms with van der Waals surface area (Å²) in [5.41, 5.74) is 0.385. The van der Waals surface area contributed by atoms with Crippen LogP contribution >= 0.6 is 0 Å². The largest absolute Gasteiger partial charge is 0.414 e. The van der Waals surface area contributed by atoms with Crippen LogP contribution in [0.2, 0.25) is 0 Å². The van der Waals surface area contributed by atoms with Crippen LogP contribution in [0.1, 0.15) is 46.9 Å². The lowest BCUT2D eigenvalue weighted by molar-refractivity contribution is -0.634. The lowest BCUT2D eigenvalue weighted by Gasteiger charge is -2.32. The van der Waals surface area contributed by atoms with Crippen LogP contribution in [-0.2, 0) is 39.1 Å². The molecule has 0 amide bonds. The molecule has 0 bridgehead atoms. The van der Waals surface area contributed by atoms with Crippen molar-refractivity contribution >= 4 is 11.9 Å². The molecule has 0 aliphatic rings. The highest BCUT2D eigenvalue weighted by molar-refractivity contribution is 5.89. The van der Waals surface area contributed by atoms with Gasteiger partial charge < -0.3 is 0 Å². The molecule has 0 saturated heterocycles. The summed E-state index contributed by atoms with van der Waals surface area (Å²) < 4.78 is 0. The summed E-state index contributed by atoms with van der Waals surface area (Å²) in [7, 11) is 2.41. The Labute approximate surface area is 185 Å². The maximum Gasteiger partial charge on any atom is 0.414 e. The van der Waals surface area contributed by atoms with E-state index in [-0.39, 0.29) is 17.5 Å². The van der Waals surface area contributed by atoms with Crippen LogP contribution in [0.4, 0.5) is 0 Å². The molecule has 0 aliphatic carbocycles. The first-order valence-electron chi connectivity index (χ1n) is 9.87. The first-order valence-corrected chi connectivity index (χ1v) is 9.87. The summed E-state index contributed by atoms with van der Waals surface area (Å²) in [6, 6.07) is 16.1. The predicted octanol–water partition coefficient (Wildman–Crippen LogP) is 3.93. The third-order valence-electron chi connectivity index (χ3n) is 4.11. The Morgan fingerprint density at radius 3 is 1.69 bits per heavy atom. The van der Waals surface area contributed by atoms with E-state index >= 15 is 0 Å². The highest BCUT2D eigenvalue weighted by Gasteiger charge is 2.52. The van der Waals surface area contributed by atoms with Crippen molar-refractivity contribution in [1.29, 1.82) is 0 Å². The van der Waals surface area contributed by atoms with E-state index in [4.69, 9.17) is 39.1 Å². The van der Waals surface area contributed by atoms with Gasteiger partial charge in [-0.15, -0.1) is 9.78 Å². The van der Waals surface area contributed by atoms with E-state index in [1.807, 2.05) is 6.92 Å². The Morgan fingerprint density at radius 2 is 1.28 bits per heavy atom. The van der Waals surface area contributed by atoms with Gasteiger partial charge in [-0.05, 0) is 30.7 Å². The molecule has 2 aromatic rings.